The summed E-state index contributed by atoms with van der Waals surface area (Å²) in [6.45, 7) is 2.04. The number of carbonyl (C=O) groups is 2. The Bertz CT molecular complexity index is 555. The maximum atomic E-state index is 12.7. The Morgan fingerprint density at radius 2 is 2.00 bits per heavy atom. The number of ketones is 1. The number of methoxy groups -OCH3 is 1. The van der Waals surface area contributed by atoms with E-state index in [1.807, 2.05) is 6.92 Å². The van der Waals surface area contributed by atoms with E-state index in [0.29, 0.717) is 34.5 Å². The molecule has 1 aromatic carbocycles. The molecule has 2 rings (SSSR count). The first kappa shape index (κ1) is 16.0. The number of benzene rings is 1. The Labute approximate surface area is 132 Å². The van der Waals surface area contributed by atoms with Crippen LogP contribution in [-0.4, -0.2) is 24.0 Å². The third-order valence-electron chi connectivity index (χ3n) is 4.33. The van der Waals surface area contributed by atoms with Crippen molar-refractivity contribution in [1.82, 2.24) is 0 Å². The Morgan fingerprint density at radius 3 is 2.52 bits per heavy atom. The van der Waals surface area contributed by atoms with Crippen LogP contribution in [0.2, 0.25) is 0 Å². The van der Waals surface area contributed by atoms with Crippen LogP contribution in [0.1, 0.15) is 36.5 Å². The summed E-state index contributed by atoms with van der Waals surface area (Å²) in [5.41, 5.74) is 0.538. The van der Waals surface area contributed by atoms with Crippen LogP contribution in [-0.2, 0) is 4.79 Å². The Kier molecular flexibility index (Phi) is 5.04. The minimum Gasteiger partial charge on any atom is -0.496 e. The number of carboxylic acids is 1. The first-order valence-corrected chi connectivity index (χ1v) is 7.87. The van der Waals surface area contributed by atoms with Crippen LogP contribution >= 0.6 is 15.9 Å². The van der Waals surface area contributed by atoms with Gasteiger partial charge in [0, 0.05) is 11.5 Å². The number of hydrogen-bond acceptors (Lipinski definition) is 3. The summed E-state index contributed by atoms with van der Waals surface area (Å²) >= 11 is 3.36. The summed E-state index contributed by atoms with van der Waals surface area (Å²) in [6.07, 6.45) is 2.18. The van der Waals surface area contributed by atoms with Gasteiger partial charge in [-0.05, 0) is 52.9 Å². The molecule has 1 saturated carbocycles. The summed E-state index contributed by atoms with van der Waals surface area (Å²) in [6, 6.07) is 5.13. The van der Waals surface area contributed by atoms with Crippen LogP contribution in [0.3, 0.4) is 0 Å². The topological polar surface area (TPSA) is 63.6 Å². The average molecular weight is 355 g/mol. The minimum absolute atomic E-state index is 0.0818. The van der Waals surface area contributed by atoms with E-state index >= 15 is 0 Å². The van der Waals surface area contributed by atoms with Crippen LogP contribution in [0, 0.1) is 17.8 Å². The van der Waals surface area contributed by atoms with E-state index < -0.39 is 17.8 Å². The van der Waals surface area contributed by atoms with Crippen molar-refractivity contribution in [3.8, 4) is 5.75 Å². The van der Waals surface area contributed by atoms with Crippen molar-refractivity contribution in [3.63, 3.8) is 0 Å². The fraction of sp³-hybridized carbons (Fsp3) is 0.500. The van der Waals surface area contributed by atoms with Crippen LogP contribution in [0.5, 0.6) is 5.75 Å². The van der Waals surface area contributed by atoms with Gasteiger partial charge >= 0.3 is 5.97 Å². The van der Waals surface area contributed by atoms with Gasteiger partial charge < -0.3 is 9.84 Å². The van der Waals surface area contributed by atoms with Crippen molar-refractivity contribution < 1.29 is 19.4 Å². The second-order valence-corrected chi connectivity index (χ2v) is 6.36. The van der Waals surface area contributed by atoms with Crippen molar-refractivity contribution in [1.29, 1.82) is 0 Å². The van der Waals surface area contributed by atoms with Crippen molar-refractivity contribution >= 4 is 27.7 Å². The van der Waals surface area contributed by atoms with E-state index in [1.54, 1.807) is 25.3 Å². The lowest BCUT2D eigenvalue weighted by molar-refractivity contribution is -0.142. The molecule has 3 unspecified atom stereocenters. The van der Waals surface area contributed by atoms with Gasteiger partial charge in [0.05, 0.1) is 17.5 Å². The van der Waals surface area contributed by atoms with Crippen molar-refractivity contribution in [2.45, 2.75) is 26.2 Å². The zero-order chi connectivity index (χ0) is 15.6. The predicted molar refractivity (Wildman–Crippen MR) is 82.7 cm³/mol. The lowest BCUT2D eigenvalue weighted by Gasteiger charge is -2.15. The largest absolute Gasteiger partial charge is 0.496 e. The van der Waals surface area contributed by atoms with Gasteiger partial charge in [0.15, 0.2) is 5.78 Å². The van der Waals surface area contributed by atoms with E-state index in [1.165, 1.54) is 0 Å². The normalized spacial score (nSPS) is 24.8. The standard InChI is InChI=1S/C16H19BrO4/c1-3-9-6-11(12(7-9)16(19)20)15(18)10-4-5-14(21-2)13(17)8-10/h4-5,8-9,11-12H,3,6-7H2,1-2H3,(H,19,20). The Morgan fingerprint density at radius 1 is 1.33 bits per heavy atom. The number of halogens is 1. The molecule has 0 amide bonds. The summed E-state index contributed by atoms with van der Waals surface area (Å²) in [4.78, 5) is 24.0. The zero-order valence-corrected chi connectivity index (χ0v) is 13.7. The molecule has 1 aliphatic carbocycles. The number of ether oxygens (including phenoxy) is 1. The molecule has 3 atom stereocenters. The van der Waals surface area contributed by atoms with Gasteiger partial charge in [0.25, 0.3) is 0 Å². The first-order chi connectivity index (χ1) is 9.97. The molecule has 0 saturated heterocycles. The lowest BCUT2D eigenvalue weighted by Crippen LogP contribution is -2.25. The molecule has 0 aromatic heterocycles. The molecule has 0 bridgehead atoms. The van der Waals surface area contributed by atoms with E-state index in [0.717, 1.165) is 6.42 Å². The zero-order valence-electron chi connectivity index (χ0n) is 12.1. The number of Topliss-reactive ketones (excluding diaryl/α,β-unsaturated/α-hetero) is 1. The van der Waals surface area contributed by atoms with Gasteiger partial charge in [0.1, 0.15) is 5.75 Å². The van der Waals surface area contributed by atoms with Gasteiger partial charge in [-0.15, -0.1) is 0 Å². The molecular formula is C16H19BrO4. The second-order valence-electron chi connectivity index (χ2n) is 5.51. The molecular weight excluding hydrogens is 336 g/mol. The summed E-state index contributed by atoms with van der Waals surface area (Å²) in [7, 11) is 1.56. The Hall–Kier alpha value is -1.36. The number of carbonyl (C=O) groups excluding carboxylic acids is 1. The van der Waals surface area contributed by atoms with Crippen LogP contribution in [0.25, 0.3) is 0 Å². The minimum atomic E-state index is -0.864. The number of carboxylic acid groups (broad SMARTS) is 1. The fourth-order valence-corrected chi connectivity index (χ4v) is 3.61. The number of rotatable bonds is 5. The summed E-state index contributed by atoms with van der Waals surface area (Å²) in [5, 5.41) is 9.35. The van der Waals surface area contributed by atoms with Crippen molar-refractivity contribution in [2.75, 3.05) is 7.11 Å². The first-order valence-electron chi connectivity index (χ1n) is 7.08. The third kappa shape index (κ3) is 3.28. The molecule has 1 fully saturated rings. The highest BCUT2D eigenvalue weighted by Crippen LogP contribution is 2.40. The van der Waals surface area contributed by atoms with E-state index in [-0.39, 0.29) is 5.78 Å². The number of aliphatic carboxylic acids is 1. The van der Waals surface area contributed by atoms with Gasteiger partial charge in [-0.2, -0.15) is 0 Å². The lowest BCUT2D eigenvalue weighted by atomic mass is 9.88. The molecule has 1 aromatic rings. The SMILES string of the molecule is CCC1CC(C(=O)O)C(C(=O)c2ccc(OC)c(Br)c2)C1. The number of hydrogen-bond donors (Lipinski definition) is 1. The third-order valence-corrected chi connectivity index (χ3v) is 4.95. The van der Waals surface area contributed by atoms with Crippen molar-refractivity contribution in [3.05, 3.63) is 28.2 Å². The highest BCUT2D eigenvalue weighted by molar-refractivity contribution is 9.10. The quantitative estimate of drug-likeness (QED) is 0.817. The molecule has 0 heterocycles. The highest BCUT2D eigenvalue weighted by Gasteiger charge is 2.42. The summed E-state index contributed by atoms with van der Waals surface area (Å²) in [5.74, 6) is -0.962. The maximum Gasteiger partial charge on any atom is 0.307 e. The molecule has 1 aliphatic rings. The molecule has 114 valence electrons. The average Bonchev–Trinajstić information content (AvgIpc) is 2.90. The fourth-order valence-electron chi connectivity index (χ4n) is 3.07. The smallest absolute Gasteiger partial charge is 0.307 e. The molecule has 0 radical (unpaired) electrons. The Balaban J connectivity index is 2.25. The molecule has 0 spiro atoms. The molecule has 0 aliphatic heterocycles. The highest BCUT2D eigenvalue weighted by atomic mass is 79.9. The second kappa shape index (κ2) is 6.60. The molecule has 4 nitrogen and oxygen atoms in total. The van der Waals surface area contributed by atoms with E-state index in [9.17, 15) is 14.7 Å². The monoisotopic (exact) mass is 354 g/mol. The predicted octanol–water partition coefficient (Wildman–Crippen LogP) is 3.78. The maximum absolute atomic E-state index is 12.7. The van der Waals surface area contributed by atoms with E-state index in [4.69, 9.17) is 4.74 Å². The molecule has 21 heavy (non-hydrogen) atoms. The van der Waals surface area contributed by atoms with Gasteiger partial charge in [-0.25, -0.2) is 0 Å². The van der Waals surface area contributed by atoms with Gasteiger partial charge in [-0.3, -0.25) is 9.59 Å². The summed E-state index contributed by atoms with van der Waals surface area (Å²) < 4.78 is 5.85. The van der Waals surface area contributed by atoms with Crippen LogP contribution in [0.4, 0.5) is 0 Å². The molecule has 1 N–H and O–H groups in total. The molecule has 5 heteroatoms. The van der Waals surface area contributed by atoms with Crippen LogP contribution in [0.15, 0.2) is 22.7 Å². The van der Waals surface area contributed by atoms with Gasteiger partial charge in [0.2, 0.25) is 0 Å². The van der Waals surface area contributed by atoms with Crippen molar-refractivity contribution in [2.24, 2.45) is 17.8 Å². The van der Waals surface area contributed by atoms with Gasteiger partial charge in [-0.1, -0.05) is 13.3 Å². The van der Waals surface area contributed by atoms with E-state index in [2.05, 4.69) is 15.9 Å². The van der Waals surface area contributed by atoms with Crippen LogP contribution < -0.4 is 4.74 Å².